The summed E-state index contributed by atoms with van der Waals surface area (Å²) in [5.41, 5.74) is 8.90. The Morgan fingerprint density at radius 1 is 1.18 bits per heavy atom. The number of benzene rings is 1. The maximum atomic E-state index is 6.71. The summed E-state index contributed by atoms with van der Waals surface area (Å²) in [5, 5.41) is 2.13. The van der Waals surface area contributed by atoms with Gasteiger partial charge in [-0.1, -0.05) is 43.7 Å². The summed E-state index contributed by atoms with van der Waals surface area (Å²) in [5.74, 6) is 0. The van der Waals surface area contributed by atoms with Gasteiger partial charge < -0.3 is 5.73 Å². The minimum Gasteiger partial charge on any atom is -0.317 e. The maximum Gasteiger partial charge on any atom is 0.0761 e. The van der Waals surface area contributed by atoms with E-state index in [2.05, 4.69) is 49.6 Å². The van der Waals surface area contributed by atoms with Crippen molar-refractivity contribution >= 4 is 11.3 Å². The monoisotopic (exact) mass is 245 g/mol. The molecular formula is C15H19NS. The van der Waals surface area contributed by atoms with Gasteiger partial charge in [0.1, 0.15) is 0 Å². The predicted octanol–water partition coefficient (Wildman–Crippen LogP) is 4.06. The highest BCUT2D eigenvalue weighted by Crippen LogP contribution is 2.36. The molecule has 0 saturated carbocycles. The van der Waals surface area contributed by atoms with E-state index in [1.54, 1.807) is 11.3 Å². The molecule has 2 N–H and O–H groups in total. The van der Waals surface area contributed by atoms with E-state index in [0.717, 1.165) is 12.8 Å². The lowest BCUT2D eigenvalue weighted by atomic mass is 9.84. The van der Waals surface area contributed by atoms with Crippen LogP contribution in [0.5, 0.6) is 0 Å². The molecule has 0 saturated heterocycles. The van der Waals surface area contributed by atoms with Crippen molar-refractivity contribution in [2.75, 3.05) is 0 Å². The van der Waals surface area contributed by atoms with Crippen molar-refractivity contribution in [2.45, 2.75) is 32.2 Å². The van der Waals surface area contributed by atoms with Crippen molar-refractivity contribution < 1.29 is 0 Å². The molecule has 2 aromatic rings. The van der Waals surface area contributed by atoms with Crippen LogP contribution in [0.25, 0.3) is 0 Å². The van der Waals surface area contributed by atoms with E-state index in [4.69, 9.17) is 5.73 Å². The highest BCUT2D eigenvalue weighted by molar-refractivity contribution is 7.10. The molecule has 0 spiro atoms. The zero-order valence-corrected chi connectivity index (χ0v) is 11.3. The van der Waals surface area contributed by atoms with Crippen LogP contribution in [0.1, 0.15) is 35.8 Å². The van der Waals surface area contributed by atoms with Gasteiger partial charge >= 0.3 is 0 Å². The molecule has 1 aromatic heterocycles. The zero-order valence-electron chi connectivity index (χ0n) is 10.4. The lowest BCUT2D eigenvalue weighted by molar-refractivity contribution is 0.492. The third-order valence-corrected chi connectivity index (χ3v) is 4.39. The summed E-state index contributed by atoms with van der Waals surface area (Å²) in [6.07, 6.45) is 2.07. The van der Waals surface area contributed by atoms with Crippen LogP contribution in [0, 0.1) is 6.92 Å². The van der Waals surface area contributed by atoms with E-state index >= 15 is 0 Å². The normalized spacial score (nSPS) is 14.5. The van der Waals surface area contributed by atoms with Crippen LogP contribution in [0.15, 0.2) is 41.8 Å². The molecule has 1 aromatic carbocycles. The second kappa shape index (κ2) is 5.03. The first-order valence-corrected chi connectivity index (χ1v) is 6.95. The highest BCUT2D eigenvalue weighted by Gasteiger charge is 2.30. The summed E-state index contributed by atoms with van der Waals surface area (Å²) >= 11 is 1.77. The van der Waals surface area contributed by atoms with Gasteiger partial charge in [0.2, 0.25) is 0 Å². The van der Waals surface area contributed by atoms with Crippen molar-refractivity contribution in [3.05, 3.63) is 57.8 Å². The first-order chi connectivity index (χ1) is 8.18. The number of hydrogen-bond acceptors (Lipinski definition) is 2. The standard InChI is InChI=1S/C15H19NS/c1-3-10-15(16,13-7-5-4-6-8-13)14-12(2)9-11-17-14/h4-9,11H,3,10,16H2,1-2H3. The minimum absolute atomic E-state index is 0.325. The highest BCUT2D eigenvalue weighted by atomic mass is 32.1. The summed E-state index contributed by atoms with van der Waals surface area (Å²) in [6, 6.07) is 12.6. The lowest BCUT2D eigenvalue weighted by Crippen LogP contribution is -2.37. The largest absolute Gasteiger partial charge is 0.317 e. The van der Waals surface area contributed by atoms with Crippen molar-refractivity contribution in [3.63, 3.8) is 0 Å². The quantitative estimate of drug-likeness (QED) is 0.863. The Morgan fingerprint density at radius 2 is 1.88 bits per heavy atom. The summed E-state index contributed by atoms with van der Waals surface area (Å²) < 4.78 is 0. The second-order valence-electron chi connectivity index (χ2n) is 4.52. The molecule has 0 aliphatic rings. The molecule has 0 amide bonds. The van der Waals surface area contributed by atoms with Crippen LogP contribution in [0.4, 0.5) is 0 Å². The minimum atomic E-state index is -0.325. The first-order valence-electron chi connectivity index (χ1n) is 6.07. The Bertz CT molecular complexity index is 475. The van der Waals surface area contributed by atoms with Crippen LogP contribution in [-0.2, 0) is 5.54 Å². The maximum absolute atomic E-state index is 6.71. The van der Waals surface area contributed by atoms with Crippen molar-refractivity contribution in [2.24, 2.45) is 5.73 Å². The van der Waals surface area contributed by atoms with Crippen molar-refractivity contribution in [1.82, 2.24) is 0 Å². The van der Waals surface area contributed by atoms with E-state index in [9.17, 15) is 0 Å². The fourth-order valence-corrected chi connectivity index (χ4v) is 3.44. The van der Waals surface area contributed by atoms with E-state index < -0.39 is 0 Å². The van der Waals surface area contributed by atoms with Gasteiger partial charge in [0, 0.05) is 4.88 Å². The Hall–Kier alpha value is -1.12. The molecule has 0 bridgehead atoms. The van der Waals surface area contributed by atoms with Gasteiger partial charge in [0.15, 0.2) is 0 Å². The number of hydrogen-bond donors (Lipinski definition) is 1. The molecule has 1 unspecified atom stereocenters. The number of rotatable bonds is 4. The number of aryl methyl sites for hydroxylation is 1. The first kappa shape index (κ1) is 12.3. The van der Waals surface area contributed by atoms with Crippen LogP contribution in [-0.4, -0.2) is 0 Å². The van der Waals surface area contributed by atoms with E-state index in [1.165, 1.54) is 16.0 Å². The Morgan fingerprint density at radius 3 is 2.41 bits per heavy atom. The average molecular weight is 245 g/mol. The lowest BCUT2D eigenvalue weighted by Gasteiger charge is -2.30. The van der Waals surface area contributed by atoms with Crippen LogP contribution >= 0.6 is 11.3 Å². The number of thiophene rings is 1. The van der Waals surface area contributed by atoms with Gasteiger partial charge in [-0.05, 0) is 35.9 Å². The van der Waals surface area contributed by atoms with Crippen LogP contribution < -0.4 is 5.73 Å². The van der Waals surface area contributed by atoms with Crippen LogP contribution in [0.3, 0.4) is 0 Å². The van der Waals surface area contributed by atoms with Crippen LogP contribution in [0.2, 0.25) is 0 Å². The third-order valence-electron chi connectivity index (χ3n) is 3.20. The molecule has 0 radical (unpaired) electrons. The SMILES string of the molecule is CCCC(N)(c1ccccc1)c1sccc1C. The smallest absolute Gasteiger partial charge is 0.0761 e. The Balaban J connectivity index is 2.50. The fourth-order valence-electron chi connectivity index (χ4n) is 2.35. The van der Waals surface area contributed by atoms with Crippen molar-refractivity contribution in [1.29, 1.82) is 0 Å². The summed E-state index contributed by atoms with van der Waals surface area (Å²) in [4.78, 5) is 1.30. The Kier molecular flexibility index (Phi) is 3.65. The Labute approximate surface area is 107 Å². The van der Waals surface area contributed by atoms with Gasteiger partial charge in [-0.3, -0.25) is 0 Å². The van der Waals surface area contributed by atoms with Gasteiger partial charge in [-0.15, -0.1) is 11.3 Å². The third kappa shape index (κ3) is 2.28. The molecule has 17 heavy (non-hydrogen) atoms. The van der Waals surface area contributed by atoms with Gasteiger partial charge in [0.05, 0.1) is 5.54 Å². The fraction of sp³-hybridized carbons (Fsp3) is 0.333. The summed E-state index contributed by atoms with van der Waals surface area (Å²) in [6.45, 7) is 4.33. The van der Waals surface area contributed by atoms with E-state index in [1.807, 2.05) is 6.07 Å². The molecule has 1 heterocycles. The molecule has 90 valence electrons. The molecular weight excluding hydrogens is 226 g/mol. The molecule has 0 fully saturated rings. The zero-order chi connectivity index (χ0) is 12.3. The second-order valence-corrected chi connectivity index (χ2v) is 5.44. The molecule has 2 rings (SSSR count). The van der Waals surface area contributed by atoms with E-state index in [0.29, 0.717) is 0 Å². The summed E-state index contributed by atoms with van der Waals surface area (Å²) in [7, 11) is 0. The van der Waals surface area contributed by atoms with E-state index in [-0.39, 0.29) is 5.54 Å². The predicted molar refractivity (Wildman–Crippen MR) is 75.4 cm³/mol. The molecule has 1 atom stereocenters. The molecule has 2 heteroatoms. The molecule has 1 nitrogen and oxygen atoms in total. The van der Waals surface area contributed by atoms with Gasteiger partial charge in [-0.25, -0.2) is 0 Å². The average Bonchev–Trinajstić information content (AvgIpc) is 2.77. The topological polar surface area (TPSA) is 26.0 Å². The van der Waals surface area contributed by atoms with Gasteiger partial charge in [0.25, 0.3) is 0 Å². The molecule has 0 aliphatic carbocycles. The number of nitrogens with two attached hydrogens (primary N) is 1. The molecule has 0 aliphatic heterocycles. The van der Waals surface area contributed by atoms with Gasteiger partial charge in [-0.2, -0.15) is 0 Å². The van der Waals surface area contributed by atoms with Crippen molar-refractivity contribution in [3.8, 4) is 0 Å².